The van der Waals surface area contributed by atoms with Gasteiger partial charge in [0, 0.05) is 11.1 Å². The Morgan fingerprint density at radius 1 is 0.969 bits per heavy atom. The molecule has 0 aliphatic rings. The highest BCUT2D eigenvalue weighted by molar-refractivity contribution is 6.30. The lowest BCUT2D eigenvalue weighted by Crippen LogP contribution is -2.18. The quantitative estimate of drug-likeness (QED) is 0.198. The third-order valence-corrected chi connectivity index (χ3v) is 4.61. The van der Waals surface area contributed by atoms with Crippen molar-refractivity contribution in [3.05, 3.63) is 82.9 Å². The molecule has 0 unspecified atom stereocenters. The summed E-state index contributed by atoms with van der Waals surface area (Å²) in [6.45, 7) is -0.286. The summed E-state index contributed by atoms with van der Waals surface area (Å²) in [4.78, 5) is 12.2. The van der Waals surface area contributed by atoms with Gasteiger partial charge in [-0.1, -0.05) is 35.9 Å². The normalized spacial score (nSPS) is 10.8. The number of carbonyl (C=O) groups is 1. The van der Waals surface area contributed by atoms with Crippen molar-refractivity contribution < 1.29 is 23.7 Å². The summed E-state index contributed by atoms with van der Waals surface area (Å²) in [5, 5.41) is 10.1. The summed E-state index contributed by atoms with van der Waals surface area (Å²) in [6.07, 6.45) is 1.70. The Morgan fingerprint density at radius 2 is 1.75 bits per heavy atom. The average molecular weight is 450 g/mol. The minimum absolute atomic E-state index is 0.241. The Hall–Kier alpha value is -3.95. The number of hydrogen-bond donors (Lipinski definition) is 0. The van der Waals surface area contributed by atoms with E-state index in [0.717, 1.165) is 0 Å². The highest BCUT2D eigenvalue weighted by atomic mass is 35.5. The predicted molar refractivity (Wildman–Crippen MR) is 122 cm³/mol. The van der Waals surface area contributed by atoms with Crippen LogP contribution in [0.1, 0.15) is 11.1 Å². The highest BCUT2D eigenvalue weighted by Gasteiger charge is 2.12. The van der Waals surface area contributed by atoms with Gasteiger partial charge in [-0.05, 0) is 53.6 Å². The van der Waals surface area contributed by atoms with Gasteiger partial charge in [0.1, 0.15) is 11.5 Å². The Morgan fingerprint density at radius 3 is 2.47 bits per heavy atom. The van der Waals surface area contributed by atoms with Gasteiger partial charge in [-0.15, -0.1) is 0 Å². The van der Waals surface area contributed by atoms with Crippen LogP contribution in [0.2, 0.25) is 5.02 Å². The number of hydrogen-bond acceptors (Lipinski definition) is 6. The van der Waals surface area contributed by atoms with E-state index in [1.54, 1.807) is 79.9 Å². The number of nitriles is 1. The highest BCUT2D eigenvalue weighted by Crippen LogP contribution is 2.30. The first-order valence-corrected chi connectivity index (χ1v) is 9.93. The van der Waals surface area contributed by atoms with Crippen LogP contribution in [0, 0.1) is 11.3 Å². The van der Waals surface area contributed by atoms with Crippen molar-refractivity contribution in [1.29, 1.82) is 5.26 Å². The minimum atomic E-state index is -0.592. The molecule has 0 aliphatic heterocycles. The van der Waals surface area contributed by atoms with E-state index in [1.807, 2.05) is 0 Å². The van der Waals surface area contributed by atoms with Crippen molar-refractivity contribution in [2.75, 3.05) is 20.8 Å². The van der Waals surface area contributed by atoms with Crippen LogP contribution in [0.4, 0.5) is 0 Å². The van der Waals surface area contributed by atoms with E-state index in [-0.39, 0.29) is 12.4 Å². The van der Waals surface area contributed by atoms with Crippen molar-refractivity contribution in [3.63, 3.8) is 0 Å². The molecule has 0 N–H and O–H groups in total. The lowest BCUT2D eigenvalue weighted by molar-refractivity contribution is -0.136. The second-order valence-corrected chi connectivity index (χ2v) is 6.97. The Bertz CT molecular complexity index is 1180. The maximum Gasteiger partial charge on any atom is 0.349 e. The molecule has 0 aromatic heterocycles. The van der Waals surface area contributed by atoms with E-state index in [9.17, 15) is 10.1 Å². The van der Waals surface area contributed by atoms with Crippen LogP contribution >= 0.6 is 11.6 Å². The summed E-state index contributed by atoms with van der Waals surface area (Å²) in [5.74, 6) is 1.10. The smallest absolute Gasteiger partial charge is 0.349 e. The lowest BCUT2D eigenvalue weighted by atomic mass is 10.0. The van der Waals surface area contributed by atoms with Crippen LogP contribution in [0.3, 0.4) is 0 Å². The topological polar surface area (TPSA) is 77.8 Å². The van der Waals surface area contributed by atoms with Crippen LogP contribution in [0.5, 0.6) is 23.0 Å². The zero-order valence-electron chi connectivity index (χ0n) is 17.5. The fraction of sp³-hybridized carbons (Fsp3) is 0.120. The molecule has 0 amide bonds. The first-order valence-electron chi connectivity index (χ1n) is 9.55. The lowest BCUT2D eigenvalue weighted by Gasteiger charge is -2.11. The Labute approximate surface area is 191 Å². The van der Waals surface area contributed by atoms with Gasteiger partial charge >= 0.3 is 5.97 Å². The summed E-state index contributed by atoms with van der Waals surface area (Å²) in [7, 11) is 3.02. The molecule has 0 radical (unpaired) electrons. The number of esters is 1. The zero-order valence-corrected chi connectivity index (χ0v) is 18.3. The maximum absolute atomic E-state index is 12.2. The SMILES string of the molecule is COc1cccc(OCC(=O)Oc2ccc(/C=C(/C#N)c3cccc(Cl)c3)cc2OC)c1. The van der Waals surface area contributed by atoms with Crippen molar-refractivity contribution in [1.82, 2.24) is 0 Å². The standard InChI is InChI=1S/C25H20ClNO5/c1-29-21-7-4-8-22(14-21)31-16-25(28)32-23-10-9-17(12-24(23)30-2)11-19(15-27)18-5-3-6-20(26)13-18/h3-14H,16H2,1-2H3/b19-11-. The summed E-state index contributed by atoms with van der Waals surface area (Å²) < 4.78 is 21.3. The van der Waals surface area contributed by atoms with Crippen molar-refractivity contribution in [2.45, 2.75) is 0 Å². The van der Waals surface area contributed by atoms with Gasteiger partial charge in [-0.25, -0.2) is 4.79 Å². The molecule has 3 rings (SSSR count). The minimum Gasteiger partial charge on any atom is -0.497 e. The largest absolute Gasteiger partial charge is 0.497 e. The fourth-order valence-electron chi connectivity index (χ4n) is 2.85. The molecule has 32 heavy (non-hydrogen) atoms. The number of benzene rings is 3. The van der Waals surface area contributed by atoms with Gasteiger partial charge in [0.2, 0.25) is 0 Å². The number of allylic oxidation sites excluding steroid dienone is 1. The fourth-order valence-corrected chi connectivity index (χ4v) is 3.04. The van der Waals surface area contributed by atoms with Gasteiger partial charge in [-0.3, -0.25) is 0 Å². The molecule has 3 aromatic rings. The van der Waals surface area contributed by atoms with Gasteiger partial charge < -0.3 is 18.9 Å². The summed E-state index contributed by atoms with van der Waals surface area (Å²) in [6, 6.07) is 21.1. The number of rotatable bonds is 8. The molecule has 0 aliphatic carbocycles. The Kier molecular flexibility index (Phi) is 7.74. The summed E-state index contributed by atoms with van der Waals surface area (Å²) >= 11 is 6.02. The second kappa shape index (κ2) is 10.9. The molecule has 3 aromatic carbocycles. The molecule has 0 bridgehead atoms. The average Bonchev–Trinajstić information content (AvgIpc) is 2.82. The molecule has 7 heteroatoms. The molecule has 0 spiro atoms. The van der Waals surface area contributed by atoms with Crippen LogP contribution in [0.15, 0.2) is 66.7 Å². The van der Waals surface area contributed by atoms with E-state index >= 15 is 0 Å². The zero-order chi connectivity index (χ0) is 22.9. The van der Waals surface area contributed by atoms with E-state index in [4.69, 9.17) is 30.5 Å². The van der Waals surface area contributed by atoms with Crippen LogP contribution in [-0.2, 0) is 4.79 Å². The van der Waals surface area contributed by atoms with Gasteiger partial charge in [-0.2, -0.15) is 5.26 Å². The third-order valence-electron chi connectivity index (χ3n) is 4.38. The van der Waals surface area contributed by atoms with Crippen molar-refractivity contribution >= 4 is 29.2 Å². The molecular weight excluding hydrogens is 430 g/mol. The molecule has 0 heterocycles. The van der Waals surface area contributed by atoms with Crippen LogP contribution < -0.4 is 18.9 Å². The first kappa shape index (κ1) is 22.7. The number of ether oxygens (including phenoxy) is 4. The molecular formula is C25H20ClNO5. The van der Waals surface area contributed by atoms with E-state index < -0.39 is 5.97 Å². The van der Waals surface area contributed by atoms with Gasteiger partial charge in [0.15, 0.2) is 18.1 Å². The number of halogens is 1. The van der Waals surface area contributed by atoms with Gasteiger partial charge in [0.25, 0.3) is 0 Å². The molecule has 0 saturated heterocycles. The predicted octanol–water partition coefficient (Wildman–Crippen LogP) is 5.41. The van der Waals surface area contributed by atoms with E-state index in [2.05, 4.69) is 6.07 Å². The number of methoxy groups -OCH3 is 2. The van der Waals surface area contributed by atoms with Crippen LogP contribution in [-0.4, -0.2) is 26.8 Å². The molecule has 162 valence electrons. The molecule has 6 nitrogen and oxygen atoms in total. The number of carbonyl (C=O) groups excluding carboxylic acids is 1. The van der Waals surface area contributed by atoms with E-state index in [1.165, 1.54) is 7.11 Å². The Balaban J connectivity index is 1.72. The number of nitrogens with zero attached hydrogens (tertiary/aromatic N) is 1. The molecule has 0 atom stereocenters. The van der Waals surface area contributed by atoms with Crippen molar-refractivity contribution in [2.24, 2.45) is 0 Å². The van der Waals surface area contributed by atoms with E-state index in [0.29, 0.717) is 39.0 Å². The maximum atomic E-state index is 12.2. The molecule has 0 fully saturated rings. The second-order valence-electron chi connectivity index (χ2n) is 6.53. The molecule has 0 saturated carbocycles. The first-order chi connectivity index (χ1) is 15.5. The van der Waals surface area contributed by atoms with Crippen LogP contribution in [0.25, 0.3) is 11.6 Å². The monoisotopic (exact) mass is 449 g/mol. The van der Waals surface area contributed by atoms with Gasteiger partial charge in [0.05, 0.1) is 25.9 Å². The third kappa shape index (κ3) is 6.03. The van der Waals surface area contributed by atoms with Crippen molar-refractivity contribution in [3.8, 4) is 29.1 Å². The summed E-state index contributed by atoms with van der Waals surface area (Å²) in [5.41, 5.74) is 1.83.